The number of fused-ring (bicyclic) bond motifs is 1. The Morgan fingerprint density at radius 1 is 1.38 bits per heavy atom. The van der Waals surface area contributed by atoms with Gasteiger partial charge < -0.3 is 9.84 Å². The Hall–Kier alpha value is -2.27. The van der Waals surface area contributed by atoms with Crippen molar-refractivity contribution in [3.8, 4) is 0 Å². The minimum absolute atomic E-state index is 0.0870. The maximum absolute atomic E-state index is 13.1. The lowest BCUT2D eigenvalue weighted by molar-refractivity contribution is -0.137. The molecule has 0 bridgehead atoms. The molecule has 156 valence electrons. The third kappa shape index (κ3) is 5.02. The molecule has 1 unspecified atom stereocenters. The fourth-order valence-electron chi connectivity index (χ4n) is 2.56. The van der Waals surface area contributed by atoms with E-state index >= 15 is 0 Å². The quantitative estimate of drug-likeness (QED) is 0.514. The van der Waals surface area contributed by atoms with Gasteiger partial charge in [0, 0.05) is 12.3 Å². The molecule has 0 spiro atoms. The van der Waals surface area contributed by atoms with Crippen LogP contribution in [0, 0.1) is 6.92 Å². The number of nitrogens with one attached hydrogen (secondary N) is 1. The summed E-state index contributed by atoms with van der Waals surface area (Å²) in [6.07, 6.45) is -1.62. The lowest BCUT2D eigenvalue weighted by Gasteiger charge is -2.14. The van der Waals surface area contributed by atoms with Gasteiger partial charge in [0.15, 0.2) is 16.6 Å². The Labute approximate surface area is 173 Å². The predicted octanol–water partition coefficient (Wildman–Crippen LogP) is 4.99. The zero-order chi connectivity index (χ0) is 21.2. The summed E-state index contributed by atoms with van der Waals surface area (Å²) in [4.78, 5) is 12.7. The zero-order valence-electron chi connectivity index (χ0n) is 15.5. The van der Waals surface area contributed by atoms with Crippen LogP contribution in [0.2, 0.25) is 5.02 Å². The normalized spacial score (nSPS) is 13.0. The third-order valence-electron chi connectivity index (χ3n) is 4.00. The Bertz CT molecular complexity index is 1020. The molecule has 0 aliphatic rings. The second-order valence-corrected chi connectivity index (χ2v) is 7.89. The number of hydrogen-bond donors (Lipinski definition) is 1. The Balaban J connectivity index is 1.89. The van der Waals surface area contributed by atoms with Crippen LogP contribution in [-0.2, 0) is 11.0 Å². The molecule has 1 atom stereocenters. The highest BCUT2D eigenvalue weighted by molar-refractivity contribution is 8.00. The summed E-state index contributed by atoms with van der Waals surface area (Å²) in [6, 6.07) is 2.37. The minimum atomic E-state index is -4.58. The number of pyridine rings is 1. The van der Waals surface area contributed by atoms with Crippen molar-refractivity contribution in [1.29, 1.82) is 0 Å². The summed E-state index contributed by atoms with van der Waals surface area (Å²) >= 11 is 6.96. The van der Waals surface area contributed by atoms with Crippen LogP contribution in [0.15, 0.2) is 28.0 Å². The number of aromatic nitrogens is 4. The molecule has 7 nitrogen and oxygen atoms in total. The number of rotatable bonds is 7. The van der Waals surface area contributed by atoms with Crippen molar-refractivity contribution in [2.24, 2.45) is 0 Å². The van der Waals surface area contributed by atoms with Crippen molar-refractivity contribution in [2.45, 2.75) is 49.7 Å². The van der Waals surface area contributed by atoms with Crippen molar-refractivity contribution < 1.29 is 22.5 Å². The Morgan fingerprint density at radius 3 is 2.76 bits per heavy atom. The largest absolute Gasteiger partial charge is 0.417 e. The maximum Gasteiger partial charge on any atom is 0.417 e. The molecule has 12 heteroatoms. The highest BCUT2D eigenvalue weighted by Gasteiger charge is 2.33. The molecule has 0 aromatic carbocycles. The van der Waals surface area contributed by atoms with E-state index in [9.17, 15) is 18.0 Å². The number of halogens is 4. The number of carbonyl (C=O) groups is 1. The van der Waals surface area contributed by atoms with Crippen LogP contribution in [0.5, 0.6) is 0 Å². The van der Waals surface area contributed by atoms with Crippen LogP contribution in [0.25, 0.3) is 5.65 Å². The van der Waals surface area contributed by atoms with Crippen molar-refractivity contribution >= 4 is 40.7 Å². The van der Waals surface area contributed by atoms with E-state index in [0.717, 1.165) is 41.3 Å². The fraction of sp³-hybridized carbons (Fsp3) is 0.412. The van der Waals surface area contributed by atoms with Gasteiger partial charge in [0.2, 0.25) is 5.91 Å². The van der Waals surface area contributed by atoms with E-state index in [-0.39, 0.29) is 27.6 Å². The lowest BCUT2D eigenvalue weighted by atomic mass is 10.2. The first kappa shape index (κ1) is 21.4. The number of carbonyl (C=O) groups excluding carboxylic acids is 1. The summed E-state index contributed by atoms with van der Waals surface area (Å²) in [5.74, 6) is 0.450. The van der Waals surface area contributed by atoms with Crippen molar-refractivity contribution in [2.75, 3.05) is 5.32 Å². The van der Waals surface area contributed by atoms with Gasteiger partial charge in [-0.05, 0) is 19.4 Å². The van der Waals surface area contributed by atoms with Gasteiger partial charge in [-0.25, -0.2) is 0 Å². The molecule has 0 saturated carbocycles. The number of nitrogens with zero attached hydrogens (tertiary/aromatic N) is 4. The summed E-state index contributed by atoms with van der Waals surface area (Å²) < 4.78 is 45.5. The average Bonchev–Trinajstić information content (AvgIpc) is 3.24. The fourth-order valence-corrected chi connectivity index (χ4v) is 3.85. The van der Waals surface area contributed by atoms with E-state index in [2.05, 4.69) is 20.7 Å². The number of amides is 1. The molecule has 3 aromatic rings. The van der Waals surface area contributed by atoms with Crippen molar-refractivity contribution in [3.63, 3.8) is 0 Å². The van der Waals surface area contributed by atoms with Crippen molar-refractivity contribution in [1.82, 2.24) is 19.8 Å². The van der Waals surface area contributed by atoms with E-state index < -0.39 is 17.0 Å². The molecule has 1 N–H and O–H groups in total. The van der Waals surface area contributed by atoms with Gasteiger partial charge in [0.05, 0.1) is 15.8 Å². The number of aryl methyl sites for hydroxylation is 1. The average molecular weight is 448 g/mol. The summed E-state index contributed by atoms with van der Waals surface area (Å²) in [7, 11) is 0. The van der Waals surface area contributed by atoms with Crippen LogP contribution in [0.3, 0.4) is 0 Å². The number of anilines is 1. The van der Waals surface area contributed by atoms with Gasteiger partial charge in [0.25, 0.3) is 0 Å². The second-order valence-electron chi connectivity index (χ2n) is 6.31. The molecule has 0 radical (unpaired) electrons. The summed E-state index contributed by atoms with van der Waals surface area (Å²) in [5.41, 5.74) is -0.840. The van der Waals surface area contributed by atoms with E-state index in [1.165, 1.54) is 0 Å². The second kappa shape index (κ2) is 8.62. The van der Waals surface area contributed by atoms with E-state index in [1.54, 1.807) is 13.0 Å². The molecule has 0 aliphatic heterocycles. The van der Waals surface area contributed by atoms with Gasteiger partial charge in [-0.2, -0.15) is 13.2 Å². The zero-order valence-corrected chi connectivity index (χ0v) is 17.0. The van der Waals surface area contributed by atoms with Gasteiger partial charge in [-0.3, -0.25) is 9.20 Å². The molecule has 29 heavy (non-hydrogen) atoms. The SMILES string of the molecule is CCCCC(Sc1nnc2c(Cl)cc(C(F)(F)F)cn12)C(=O)Nc1cc(C)on1. The van der Waals surface area contributed by atoms with Crippen LogP contribution in [0.4, 0.5) is 19.0 Å². The smallest absolute Gasteiger partial charge is 0.360 e. The topological polar surface area (TPSA) is 85.3 Å². The first-order valence-electron chi connectivity index (χ1n) is 8.71. The molecule has 0 fully saturated rings. The first-order chi connectivity index (χ1) is 13.7. The predicted molar refractivity (Wildman–Crippen MR) is 102 cm³/mol. The first-order valence-corrected chi connectivity index (χ1v) is 9.97. The van der Waals surface area contributed by atoms with Crippen LogP contribution < -0.4 is 5.32 Å². The molecular weight excluding hydrogens is 431 g/mol. The van der Waals surface area contributed by atoms with Crippen LogP contribution in [-0.4, -0.2) is 30.9 Å². The van der Waals surface area contributed by atoms with Gasteiger partial charge >= 0.3 is 6.18 Å². The third-order valence-corrected chi connectivity index (χ3v) is 5.50. The molecule has 1 amide bonds. The number of unbranched alkanes of at least 4 members (excludes halogenated alkanes) is 1. The number of alkyl halides is 3. The van der Waals surface area contributed by atoms with E-state index in [4.69, 9.17) is 16.1 Å². The molecule has 3 heterocycles. The van der Waals surface area contributed by atoms with Gasteiger partial charge in [-0.1, -0.05) is 48.3 Å². The monoisotopic (exact) mass is 447 g/mol. The van der Waals surface area contributed by atoms with Crippen LogP contribution >= 0.6 is 23.4 Å². The van der Waals surface area contributed by atoms with Gasteiger partial charge in [-0.15, -0.1) is 10.2 Å². The molecule has 3 rings (SSSR count). The van der Waals surface area contributed by atoms with Crippen LogP contribution in [0.1, 0.15) is 37.5 Å². The standard InChI is InChI=1S/C17H17ClF3N5O2S/c1-3-4-5-12(15(27)22-13-6-9(2)28-25-13)29-16-24-23-14-11(18)7-10(8-26(14)16)17(19,20)21/h6-8,12H,3-5H2,1-2H3,(H,22,25,27). The number of thioether (sulfide) groups is 1. The van der Waals surface area contributed by atoms with E-state index in [0.29, 0.717) is 12.2 Å². The Morgan fingerprint density at radius 2 is 2.14 bits per heavy atom. The highest BCUT2D eigenvalue weighted by Crippen LogP contribution is 2.34. The number of hydrogen-bond acceptors (Lipinski definition) is 6. The Kier molecular flexibility index (Phi) is 6.37. The molecule has 0 aliphatic carbocycles. The van der Waals surface area contributed by atoms with Crippen molar-refractivity contribution in [3.05, 3.63) is 34.7 Å². The summed E-state index contributed by atoms with van der Waals surface area (Å²) in [5, 5.41) is 13.5. The van der Waals surface area contributed by atoms with Gasteiger partial charge in [0.1, 0.15) is 5.76 Å². The molecular formula is C17H17ClF3N5O2S. The van der Waals surface area contributed by atoms with E-state index in [1.807, 2.05) is 6.92 Å². The molecule has 3 aromatic heterocycles. The highest BCUT2D eigenvalue weighted by atomic mass is 35.5. The summed E-state index contributed by atoms with van der Waals surface area (Å²) in [6.45, 7) is 3.67. The molecule has 0 saturated heterocycles. The minimum Gasteiger partial charge on any atom is -0.360 e. The lowest BCUT2D eigenvalue weighted by Crippen LogP contribution is -2.25. The maximum atomic E-state index is 13.1.